The molecule has 1 aliphatic heterocycles. The summed E-state index contributed by atoms with van der Waals surface area (Å²) in [5.41, 5.74) is 0.822. The molecule has 1 N–H and O–H groups in total. The Hall–Kier alpha value is -1.09. The fraction of sp³-hybridized carbons (Fsp3) is 0.500. The maximum atomic E-state index is 9.60. The second-order valence-electron chi connectivity index (χ2n) is 3.55. The molecule has 0 aromatic carbocycles. The summed E-state index contributed by atoms with van der Waals surface area (Å²) in [6.07, 6.45) is 4.03. The summed E-state index contributed by atoms with van der Waals surface area (Å²) < 4.78 is 0. The van der Waals surface area contributed by atoms with Crippen molar-refractivity contribution in [2.24, 2.45) is 0 Å². The lowest BCUT2D eigenvalue weighted by atomic mass is 10.1. The molecule has 0 amide bonds. The van der Waals surface area contributed by atoms with E-state index in [0.717, 1.165) is 18.7 Å². The zero-order chi connectivity index (χ0) is 9.26. The highest BCUT2D eigenvalue weighted by Gasteiger charge is 2.25. The van der Waals surface area contributed by atoms with Gasteiger partial charge in [0.1, 0.15) is 5.75 Å². The van der Waals surface area contributed by atoms with E-state index in [-0.39, 0.29) is 0 Å². The fourth-order valence-corrected chi connectivity index (χ4v) is 1.92. The predicted octanol–water partition coefficient (Wildman–Crippen LogP) is 1.55. The number of pyridine rings is 1. The Labute approximate surface area is 78.0 Å². The first kappa shape index (κ1) is 8.51. The Morgan fingerprint density at radius 3 is 3.08 bits per heavy atom. The van der Waals surface area contributed by atoms with Gasteiger partial charge in [-0.2, -0.15) is 0 Å². The normalized spacial score (nSPS) is 23.6. The van der Waals surface area contributed by atoms with Crippen LogP contribution in [0.15, 0.2) is 18.3 Å². The molecule has 1 unspecified atom stereocenters. The molecule has 1 saturated heterocycles. The van der Waals surface area contributed by atoms with Crippen molar-refractivity contribution in [2.75, 3.05) is 13.6 Å². The van der Waals surface area contributed by atoms with Crippen molar-refractivity contribution in [1.82, 2.24) is 9.88 Å². The third kappa shape index (κ3) is 1.52. The standard InChI is InChI=1S/C10H14N2O/c1-12-7-3-4-8(12)10-9(13)5-2-6-11-10/h2,5-6,8,13H,3-4,7H2,1H3. The van der Waals surface area contributed by atoms with E-state index in [1.807, 2.05) is 0 Å². The molecule has 0 spiro atoms. The molecule has 1 aromatic heterocycles. The average molecular weight is 178 g/mol. The summed E-state index contributed by atoms with van der Waals surface area (Å²) in [5, 5.41) is 9.60. The van der Waals surface area contributed by atoms with Gasteiger partial charge in [-0.1, -0.05) is 0 Å². The van der Waals surface area contributed by atoms with Crippen molar-refractivity contribution in [3.05, 3.63) is 24.0 Å². The Morgan fingerprint density at radius 2 is 2.46 bits per heavy atom. The number of aromatic nitrogens is 1. The molecule has 13 heavy (non-hydrogen) atoms. The van der Waals surface area contributed by atoms with Crippen molar-refractivity contribution in [1.29, 1.82) is 0 Å². The highest BCUT2D eigenvalue weighted by molar-refractivity contribution is 5.28. The minimum atomic E-state index is 0.307. The first-order valence-electron chi connectivity index (χ1n) is 4.63. The minimum Gasteiger partial charge on any atom is -0.506 e. The fourth-order valence-electron chi connectivity index (χ4n) is 1.92. The first-order valence-corrected chi connectivity index (χ1v) is 4.63. The lowest BCUT2D eigenvalue weighted by Gasteiger charge is -2.19. The van der Waals surface area contributed by atoms with Gasteiger partial charge in [0.15, 0.2) is 0 Å². The average Bonchev–Trinajstić information content (AvgIpc) is 2.52. The van der Waals surface area contributed by atoms with Gasteiger partial charge in [0, 0.05) is 6.20 Å². The van der Waals surface area contributed by atoms with Crippen LogP contribution in [0.1, 0.15) is 24.6 Å². The van der Waals surface area contributed by atoms with E-state index in [4.69, 9.17) is 0 Å². The number of likely N-dealkylation sites (tertiary alicyclic amines) is 1. The van der Waals surface area contributed by atoms with E-state index in [1.54, 1.807) is 18.3 Å². The third-order valence-corrected chi connectivity index (χ3v) is 2.65. The molecule has 0 radical (unpaired) electrons. The van der Waals surface area contributed by atoms with Gasteiger partial charge < -0.3 is 5.11 Å². The second-order valence-corrected chi connectivity index (χ2v) is 3.55. The molecule has 1 fully saturated rings. The minimum absolute atomic E-state index is 0.307. The van der Waals surface area contributed by atoms with Gasteiger partial charge in [-0.25, -0.2) is 0 Å². The topological polar surface area (TPSA) is 36.4 Å². The monoisotopic (exact) mass is 178 g/mol. The van der Waals surface area contributed by atoms with Gasteiger partial charge in [-0.3, -0.25) is 9.88 Å². The number of hydrogen-bond donors (Lipinski definition) is 1. The van der Waals surface area contributed by atoms with Gasteiger partial charge in [0.05, 0.1) is 11.7 Å². The van der Waals surface area contributed by atoms with Gasteiger partial charge >= 0.3 is 0 Å². The Kier molecular flexibility index (Phi) is 2.19. The van der Waals surface area contributed by atoms with Crippen LogP contribution in [0.3, 0.4) is 0 Å². The van der Waals surface area contributed by atoms with E-state index < -0.39 is 0 Å². The zero-order valence-electron chi connectivity index (χ0n) is 7.77. The van der Waals surface area contributed by atoms with Crippen molar-refractivity contribution in [3.63, 3.8) is 0 Å². The van der Waals surface area contributed by atoms with Crippen LogP contribution in [0.2, 0.25) is 0 Å². The number of hydrogen-bond acceptors (Lipinski definition) is 3. The van der Waals surface area contributed by atoms with E-state index in [2.05, 4.69) is 16.9 Å². The van der Waals surface area contributed by atoms with E-state index >= 15 is 0 Å². The van der Waals surface area contributed by atoms with Gasteiger partial charge in [0.2, 0.25) is 0 Å². The molecular weight excluding hydrogens is 164 g/mol. The summed E-state index contributed by atoms with van der Waals surface area (Å²) in [6, 6.07) is 3.77. The Balaban J connectivity index is 2.29. The Bertz CT molecular complexity index is 301. The highest BCUT2D eigenvalue weighted by atomic mass is 16.3. The summed E-state index contributed by atoms with van der Waals surface area (Å²) in [7, 11) is 2.08. The maximum Gasteiger partial charge on any atom is 0.138 e. The molecule has 2 rings (SSSR count). The molecule has 70 valence electrons. The van der Waals surface area contributed by atoms with Crippen LogP contribution in [0.25, 0.3) is 0 Å². The third-order valence-electron chi connectivity index (χ3n) is 2.65. The molecule has 2 heterocycles. The lowest BCUT2D eigenvalue weighted by Crippen LogP contribution is -2.18. The van der Waals surface area contributed by atoms with Crippen molar-refractivity contribution in [2.45, 2.75) is 18.9 Å². The quantitative estimate of drug-likeness (QED) is 0.709. The molecule has 1 aliphatic rings. The molecule has 1 aromatic rings. The second kappa shape index (κ2) is 3.34. The van der Waals surface area contributed by atoms with E-state index in [0.29, 0.717) is 11.8 Å². The van der Waals surface area contributed by atoms with E-state index in [1.165, 1.54) is 6.42 Å². The molecular formula is C10H14N2O. The van der Waals surface area contributed by atoms with Crippen LogP contribution in [-0.2, 0) is 0 Å². The first-order chi connectivity index (χ1) is 6.29. The number of aromatic hydroxyl groups is 1. The SMILES string of the molecule is CN1CCCC1c1ncccc1O. The van der Waals surface area contributed by atoms with Crippen molar-refractivity contribution < 1.29 is 5.11 Å². The summed E-state index contributed by atoms with van der Waals surface area (Å²) in [5.74, 6) is 0.321. The van der Waals surface area contributed by atoms with Crippen molar-refractivity contribution in [3.8, 4) is 5.75 Å². The molecule has 0 saturated carbocycles. The van der Waals surface area contributed by atoms with Crippen LogP contribution in [-0.4, -0.2) is 28.6 Å². The molecule has 0 aliphatic carbocycles. The highest BCUT2D eigenvalue weighted by Crippen LogP contribution is 2.33. The summed E-state index contributed by atoms with van der Waals surface area (Å²) >= 11 is 0. The smallest absolute Gasteiger partial charge is 0.138 e. The van der Waals surface area contributed by atoms with Crippen LogP contribution in [0.4, 0.5) is 0 Å². The lowest BCUT2D eigenvalue weighted by molar-refractivity contribution is 0.302. The maximum absolute atomic E-state index is 9.60. The molecule has 3 nitrogen and oxygen atoms in total. The Morgan fingerprint density at radius 1 is 1.62 bits per heavy atom. The van der Waals surface area contributed by atoms with Crippen LogP contribution in [0, 0.1) is 0 Å². The number of rotatable bonds is 1. The van der Waals surface area contributed by atoms with Crippen LogP contribution in [0.5, 0.6) is 5.75 Å². The van der Waals surface area contributed by atoms with Gasteiger partial charge in [-0.15, -0.1) is 0 Å². The zero-order valence-corrected chi connectivity index (χ0v) is 7.77. The van der Waals surface area contributed by atoms with Crippen LogP contribution < -0.4 is 0 Å². The summed E-state index contributed by atoms with van der Waals surface area (Å²) in [6.45, 7) is 1.10. The predicted molar refractivity (Wildman–Crippen MR) is 50.5 cm³/mol. The molecule has 0 bridgehead atoms. The van der Waals surface area contributed by atoms with Gasteiger partial charge in [-0.05, 0) is 38.6 Å². The van der Waals surface area contributed by atoms with E-state index in [9.17, 15) is 5.11 Å². The largest absolute Gasteiger partial charge is 0.506 e. The number of nitrogens with zero attached hydrogens (tertiary/aromatic N) is 2. The molecule has 3 heteroatoms. The van der Waals surface area contributed by atoms with Gasteiger partial charge in [0.25, 0.3) is 0 Å². The molecule has 1 atom stereocenters. The summed E-state index contributed by atoms with van der Waals surface area (Å²) in [4.78, 5) is 6.46. The van der Waals surface area contributed by atoms with Crippen LogP contribution >= 0.6 is 0 Å². The van der Waals surface area contributed by atoms with Crippen molar-refractivity contribution >= 4 is 0 Å².